The molecule has 0 aliphatic heterocycles. The fraction of sp³-hybridized carbons (Fsp3) is 0.818. The first kappa shape index (κ1) is 14.9. The van der Waals surface area contributed by atoms with Gasteiger partial charge in [-0.2, -0.15) is 0 Å². The van der Waals surface area contributed by atoms with Gasteiger partial charge in [-0.15, -0.1) is 0 Å². The molecule has 0 spiro atoms. The summed E-state index contributed by atoms with van der Waals surface area (Å²) in [5, 5.41) is 5.83. The smallest absolute Gasteiger partial charge is 0.307 e. The van der Waals surface area contributed by atoms with Crippen LogP contribution in [0.1, 0.15) is 33.6 Å². The molecule has 5 nitrogen and oxygen atoms in total. The molecule has 0 rings (SSSR count). The Kier molecular flexibility index (Phi) is 7.54. The second-order valence-electron chi connectivity index (χ2n) is 3.86. The molecule has 2 atom stereocenters. The molecule has 0 aromatic heterocycles. The maximum atomic E-state index is 11.5. The second kappa shape index (κ2) is 8.10. The maximum absolute atomic E-state index is 11.5. The molecule has 2 N–H and O–H groups in total. The van der Waals surface area contributed by atoms with Gasteiger partial charge in [0.25, 0.3) is 0 Å². The van der Waals surface area contributed by atoms with Crippen LogP contribution in [0, 0.1) is 0 Å². The third-order valence-electron chi connectivity index (χ3n) is 2.18. The SMILES string of the molecule is CCCNC(=O)C(C)NC(C)CC(=O)OC. The molecule has 0 aliphatic rings. The fourth-order valence-corrected chi connectivity index (χ4v) is 1.30. The zero-order valence-electron chi connectivity index (χ0n) is 10.5. The lowest BCUT2D eigenvalue weighted by molar-refractivity contribution is -0.141. The van der Waals surface area contributed by atoms with E-state index >= 15 is 0 Å². The highest BCUT2D eigenvalue weighted by atomic mass is 16.5. The first-order valence-corrected chi connectivity index (χ1v) is 5.61. The minimum absolute atomic E-state index is 0.0430. The van der Waals surface area contributed by atoms with Crippen molar-refractivity contribution in [2.45, 2.75) is 45.7 Å². The monoisotopic (exact) mass is 230 g/mol. The molecule has 0 heterocycles. The predicted molar refractivity (Wildman–Crippen MR) is 62.0 cm³/mol. The Morgan fingerprint density at radius 1 is 1.31 bits per heavy atom. The van der Waals surface area contributed by atoms with E-state index in [9.17, 15) is 9.59 Å². The van der Waals surface area contributed by atoms with Crippen LogP contribution in [0.3, 0.4) is 0 Å². The van der Waals surface area contributed by atoms with E-state index in [2.05, 4.69) is 15.4 Å². The van der Waals surface area contributed by atoms with Crippen LogP contribution in [0.2, 0.25) is 0 Å². The Morgan fingerprint density at radius 3 is 2.44 bits per heavy atom. The average Bonchev–Trinajstić information content (AvgIpc) is 2.25. The van der Waals surface area contributed by atoms with Gasteiger partial charge in [-0.25, -0.2) is 0 Å². The molecular weight excluding hydrogens is 208 g/mol. The summed E-state index contributed by atoms with van der Waals surface area (Å²) >= 11 is 0. The van der Waals surface area contributed by atoms with Crippen molar-refractivity contribution < 1.29 is 14.3 Å². The number of hydrogen-bond donors (Lipinski definition) is 2. The van der Waals surface area contributed by atoms with Crippen molar-refractivity contribution in [1.82, 2.24) is 10.6 Å². The van der Waals surface area contributed by atoms with Gasteiger partial charge in [-0.05, 0) is 20.3 Å². The van der Waals surface area contributed by atoms with E-state index in [1.54, 1.807) is 6.92 Å². The Balaban J connectivity index is 3.88. The molecule has 0 aromatic rings. The van der Waals surface area contributed by atoms with Gasteiger partial charge in [0.2, 0.25) is 5.91 Å². The molecule has 0 fully saturated rings. The summed E-state index contributed by atoms with van der Waals surface area (Å²) in [5.41, 5.74) is 0. The van der Waals surface area contributed by atoms with Gasteiger partial charge < -0.3 is 15.4 Å². The summed E-state index contributed by atoms with van der Waals surface area (Å²) in [6.07, 6.45) is 1.18. The van der Waals surface area contributed by atoms with Gasteiger partial charge in [0, 0.05) is 12.6 Å². The highest BCUT2D eigenvalue weighted by Crippen LogP contribution is 1.95. The summed E-state index contributed by atoms with van der Waals surface area (Å²) in [6.45, 7) is 6.30. The standard InChI is InChI=1S/C11H22N2O3/c1-5-6-12-11(15)9(3)13-8(2)7-10(14)16-4/h8-9,13H,5-7H2,1-4H3,(H,12,15). The van der Waals surface area contributed by atoms with Gasteiger partial charge >= 0.3 is 5.97 Å². The van der Waals surface area contributed by atoms with E-state index < -0.39 is 0 Å². The zero-order valence-corrected chi connectivity index (χ0v) is 10.5. The topological polar surface area (TPSA) is 67.4 Å². The first-order valence-electron chi connectivity index (χ1n) is 5.61. The molecule has 1 amide bonds. The maximum Gasteiger partial charge on any atom is 0.307 e. The van der Waals surface area contributed by atoms with E-state index in [1.165, 1.54) is 7.11 Å². The minimum Gasteiger partial charge on any atom is -0.469 e. The van der Waals surface area contributed by atoms with Gasteiger partial charge in [0.1, 0.15) is 0 Å². The molecule has 94 valence electrons. The summed E-state index contributed by atoms with van der Waals surface area (Å²) < 4.78 is 4.55. The Morgan fingerprint density at radius 2 is 1.94 bits per heavy atom. The van der Waals surface area contributed by atoms with Crippen LogP contribution in [0.4, 0.5) is 0 Å². The predicted octanol–water partition coefficient (Wildman–Crippen LogP) is 0.442. The number of nitrogens with one attached hydrogen (secondary N) is 2. The van der Waals surface area contributed by atoms with Crippen LogP contribution < -0.4 is 10.6 Å². The molecule has 0 aromatic carbocycles. The molecular formula is C11H22N2O3. The lowest BCUT2D eigenvalue weighted by Gasteiger charge is -2.18. The van der Waals surface area contributed by atoms with E-state index in [1.807, 2.05) is 13.8 Å². The number of methoxy groups -OCH3 is 1. The van der Waals surface area contributed by atoms with Crippen LogP contribution in [0.5, 0.6) is 0 Å². The van der Waals surface area contributed by atoms with Gasteiger partial charge in [-0.3, -0.25) is 9.59 Å². The second-order valence-corrected chi connectivity index (χ2v) is 3.86. The summed E-state index contributed by atoms with van der Waals surface area (Å²) in [7, 11) is 1.35. The quantitative estimate of drug-likeness (QED) is 0.623. The molecule has 0 saturated heterocycles. The van der Waals surface area contributed by atoms with Crippen LogP contribution in [-0.4, -0.2) is 37.6 Å². The number of amides is 1. The molecule has 0 bridgehead atoms. The average molecular weight is 230 g/mol. The lowest BCUT2D eigenvalue weighted by Crippen LogP contribution is -2.46. The van der Waals surface area contributed by atoms with Crippen molar-refractivity contribution in [3.8, 4) is 0 Å². The van der Waals surface area contributed by atoms with Gasteiger partial charge in [0.15, 0.2) is 0 Å². The van der Waals surface area contributed by atoms with Crippen LogP contribution in [0.15, 0.2) is 0 Å². The summed E-state index contributed by atoms with van der Waals surface area (Å²) in [6, 6.07) is -0.374. The van der Waals surface area contributed by atoms with Crippen molar-refractivity contribution >= 4 is 11.9 Å². The van der Waals surface area contributed by atoms with E-state index in [-0.39, 0.29) is 30.4 Å². The Bertz CT molecular complexity index is 231. The van der Waals surface area contributed by atoms with Crippen LogP contribution in [-0.2, 0) is 14.3 Å². The van der Waals surface area contributed by atoms with Crippen molar-refractivity contribution in [2.75, 3.05) is 13.7 Å². The molecule has 0 aliphatic carbocycles. The third kappa shape index (κ3) is 6.40. The van der Waals surface area contributed by atoms with Crippen LogP contribution >= 0.6 is 0 Å². The normalized spacial score (nSPS) is 14.0. The molecule has 0 radical (unpaired) electrons. The van der Waals surface area contributed by atoms with Crippen molar-refractivity contribution in [1.29, 1.82) is 0 Å². The molecule has 5 heteroatoms. The Hall–Kier alpha value is -1.10. The highest BCUT2D eigenvalue weighted by Gasteiger charge is 2.16. The third-order valence-corrected chi connectivity index (χ3v) is 2.18. The van der Waals surface area contributed by atoms with Gasteiger partial charge in [0.05, 0.1) is 19.6 Å². The van der Waals surface area contributed by atoms with Crippen molar-refractivity contribution in [3.05, 3.63) is 0 Å². The van der Waals surface area contributed by atoms with Crippen molar-refractivity contribution in [2.24, 2.45) is 0 Å². The number of rotatable bonds is 7. The molecule has 16 heavy (non-hydrogen) atoms. The number of carbonyl (C=O) groups excluding carboxylic acids is 2. The molecule has 0 saturated carbocycles. The minimum atomic E-state index is -0.300. The lowest BCUT2D eigenvalue weighted by atomic mass is 10.2. The summed E-state index contributed by atoms with van der Waals surface area (Å²) in [5.74, 6) is -0.320. The van der Waals surface area contributed by atoms with Crippen molar-refractivity contribution in [3.63, 3.8) is 0 Å². The number of ether oxygens (including phenoxy) is 1. The van der Waals surface area contributed by atoms with E-state index in [0.29, 0.717) is 6.54 Å². The van der Waals surface area contributed by atoms with E-state index in [4.69, 9.17) is 0 Å². The zero-order chi connectivity index (χ0) is 12.6. The Labute approximate surface area is 96.9 Å². The summed E-state index contributed by atoms with van der Waals surface area (Å²) in [4.78, 5) is 22.5. The number of carbonyl (C=O) groups is 2. The highest BCUT2D eigenvalue weighted by molar-refractivity contribution is 5.81. The number of esters is 1. The molecule has 2 unspecified atom stereocenters. The fourth-order valence-electron chi connectivity index (χ4n) is 1.30. The van der Waals surface area contributed by atoms with Crippen LogP contribution in [0.25, 0.3) is 0 Å². The largest absolute Gasteiger partial charge is 0.469 e. The first-order chi connectivity index (χ1) is 7.51. The van der Waals surface area contributed by atoms with E-state index in [0.717, 1.165) is 6.42 Å². The number of hydrogen-bond acceptors (Lipinski definition) is 4. The van der Waals surface area contributed by atoms with Gasteiger partial charge in [-0.1, -0.05) is 6.92 Å².